The third-order valence-corrected chi connectivity index (χ3v) is 3.06. The molecule has 0 unspecified atom stereocenters. The summed E-state index contributed by atoms with van der Waals surface area (Å²) in [6, 6.07) is 6.19. The average Bonchev–Trinajstić information content (AvgIpc) is 2.44. The van der Waals surface area contributed by atoms with Gasteiger partial charge < -0.3 is 10.1 Å². The van der Waals surface area contributed by atoms with Crippen molar-refractivity contribution in [3.8, 4) is 5.75 Å². The molecule has 0 amide bonds. The highest BCUT2D eigenvalue weighted by molar-refractivity contribution is 5.53. The largest absolute Gasteiger partial charge is 0.488 e. The first kappa shape index (κ1) is 12.8. The zero-order valence-electron chi connectivity index (χ0n) is 10.7. The number of hydrogen-bond donors (Lipinski definition) is 1. The van der Waals surface area contributed by atoms with Crippen LogP contribution in [0.1, 0.15) is 17.7 Å². The fourth-order valence-corrected chi connectivity index (χ4v) is 2.15. The summed E-state index contributed by atoms with van der Waals surface area (Å²) in [7, 11) is 0. The second kappa shape index (κ2) is 5.40. The van der Waals surface area contributed by atoms with Crippen LogP contribution in [0.5, 0.6) is 5.75 Å². The van der Waals surface area contributed by atoms with Crippen molar-refractivity contribution in [2.75, 3.05) is 11.9 Å². The van der Waals surface area contributed by atoms with Crippen molar-refractivity contribution in [1.29, 1.82) is 0 Å². The van der Waals surface area contributed by atoms with Gasteiger partial charge in [-0.2, -0.15) is 9.37 Å². The Morgan fingerprint density at radius 2 is 2.15 bits per heavy atom. The Hall–Kier alpha value is -2.24. The summed E-state index contributed by atoms with van der Waals surface area (Å²) >= 11 is 0. The minimum atomic E-state index is -0.781. The van der Waals surface area contributed by atoms with E-state index in [1.165, 1.54) is 12.1 Å². The molecular weight excluding hydrogens is 264 g/mol. The fraction of sp³-hybridized carbons (Fsp3) is 0.286. The van der Waals surface area contributed by atoms with Crippen LogP contribution in [0.25, 0.3) is 0 Å². The molecule has 1 aromatic carbocycles. The molecule has 0 radical (unpaired) electrons. The van der Waals surface area contributed by atoms with Crippen molar-refractivity contribution in [3.05, 3.63) is 47.4 Å². The zero-order chi connectivity index (χ0) is 13.9. The zero-order valence-corrected chi connectivity index (χ0v) is 10.7. The number of benzene rings is 1. The van der Waals surface area contributed by atoms with E-state index in [0.29, 0.717) is 36.8 Å². The van der Waals surface area contributed by atoms with Gasteiger partial charge in [0.15, 0.2) is 11.6 Å². The number of nitrogens with zero attached hydrogens (tertiary/aromatic N) is 2. The smallest absolute Gasteiger partial charge is 0.311 e. The summed E-state index contributed by atoms with van der Waals surface area (Å²) in [5.74, 6) is 0.502. The van der Waals surface area contributed by atoms with E-state index in [1.807, 2.05) is 0 Å². The van der Waals surface area contributed by atoms with Gasteiger partial charge in [-0.05, 0) is 30.5 Å². The van der Waals surface area contributed by atoms with Crippen LogP contribution in [-0.4, -0.2) is 16.6 Å². The van der Waals surface area contributed by atoms with Crippen molar-refractivity contribution in [1.82, 2.24) is 9.97 Å². The molecule has 0 atom stereocenters. The molecule has 104 valence electrons. The maximum Gasteiger partial charge on any atom is 0.311 e. The van der Waals surface area contributed by atoms with Crippen LogP contribution in [0.15, 0.2) is 24.3 Å². The topological polar surface area (TPSA) is 47.0 Å². The van der Waals surface area contributed by atoms with Gasteiger partial charge in [0.25, 0.3) is 0 Å². The first-order valence-electron chi connectivity index (χ1n) is 6.40. The van der Waals surface area contributed by atoms with Gasteiger partial charge >= 0.3 is 6.08 Å². The molecule has 0 saturated carbocycles. The van der Waals surface area contributed by atoms with Crippen LogP contribution >= 0.6 is 0 Å². The van der Waals surface area contributed by atoms with E-state index in [9.17, 15) is 8.78 Å². The number of nitrogens with one attached hydrogen (secondary N) is 1. The summed E-state index contributed by atoms with van der Waals surface area (Å²) in [5, 5.41) is 2.97. The highest BCUT2D eigenvalue weighted by Gasteiger charge is 2.19. The lowest BCUT2D eigenvalue weighted by Crippen LogP contribution is -2.15. The average molecular weight is 277 g/mol. The lowest BCUT2D eigenvalue weighted by Gasteiger charge is -2.19. The van der Waals surface area contributed by atoms with Crippen LogP contribution in [0.3, 0.4) is 0 Å². The van der Waals surface area contributed by atoms with Gasteiger partial charge in [-0.25, -0.2) is 9.37 Å². The molecule has 1 N–H and O–H groups in total. The molecule has 0 aliphatic carbocycles. The molecular formula is C14H13F2N3O. The van der Waals surface area contributed by atoms with E-state index in [4.69, 9.17) is 4.74 Å². The number of fused-ring (bicyclic) bond motifs is 1. The summed E-state index contributed by atoms with van der Waals surface area (Å²) in [4.78, 5) is 7.46. The minimum absolute atomic E-state index is 0.309. The normalized spacial score (nSPS) is 13.5. The number of halogens is 2. The van der Waals surface area contributed by atoms with E-state index in [1.54, 1.807) is 12.1 Å². The first-order valence-corrected chi connectivity index (χ1v) is 6.40. The van der Waals surface area contributed by atoms with E-state index in [-0.39, 0.29) is 5.82 Å². The highest BCUT2D eigenvalue weighted by Crippen LogP contribution is 2.30. The van der Waals surface area contributed by atoms with Gasteiger partial charge in [0.2, 0.25) is 0 Å². The quantitative estimate of drug-likeness (QED) is 0.876. The standard InChI is InChI=1S/C14H13F2N3O/c15-10-4-1-3-9(7-10)8-17-13-12-11(5-2-6-20-12)18-14(16)19-13/h1,3-4,7H,2,5-6,8H2,(H,17,18,19). The molecule has 1 aliphatic rings. The predicted octanol–water partition coefficient (Wildman–Crippen LogP) is 2.69. The van der Waals surface area contributed by atoms with Gasteiger partial charge in [-0.3, -0.25) is 0 Å². The summed E-state index contributed by atoms with van der Waals surface area (Å²) in [6.45, 7) is 0.903. The number of rotatable bonds is 3. The first-order chi connectivity index (χ1) is 9.72. The third kappa shape index (κ3) is 2.68. The van der Waals surface area contributed by atoms with Crippen molar-refractivity contribution in [3.63, 3.8) is 0 Å². The van der Waals surface area contributed by atoms with E-state index in [0.717, 1.165) is 12.0 Å². The SMILES string of the molecule is Fc1cccc(CNc2nc(F)nc3c2OCCC3)c1. The molecule has 0 bridgehead atoms. The summed E-state index contributed by atoms with van der Waals surface area (Å²) < 4.78 is 32.0. The minimum Gasteiger partial charge on any atom is -0.488 e. The molecule has 1 aromatic heterocycles. The number of hydrogen-bond acceptors (Lipinski definition) is 4. The molecule has 0 spiro atoms. The second-order valence-corrected chi connectivity index (χ2v) is 4.55. The number of anilines is 1. The van der Waals surface area contributed by atoms with Gasteiger partial charge in [0.1, 0.15) is 5.82 Å². The molecule has 6 heteroatoms. The van der Waals surface area contributed by atoms with Crippen LogP contribution in [0, 0.1) is 11.9 Å². The highest BCUT2D eigenvalue weighted by atomic mass is 19.1. The van der Waals surface area contributed by atoms with Crippen LogP contribution in [0.4, 0.5) is 14.6 Å². The monoisotopic (exact) mass is 277 g/mol. The molecule has 20 heavy (non-hydrogen) atoms. The van der Waals surface area contributed by atoms with Crippen LogP contribution in [-0.2, 0) is 13.0 Å². The van der Waals surface area contributed by atoms with E-state index >= 15 is 0 Å². The van der Waals surface area contributed by atoms with Crippen molar-refractivity contribution < 1.29 is 13.5 Å². The fourth-order valence-electron chi connectivity index (χ4n) is 2.15. The maximum atomic E-state index is 13.4. The Kier molecular flexibility index (Phi) is 3.45. The molecule has 0 fully saturated rings. The Bertz CT molecular complexity index is 634. The molecule has 0 saturated heterocycles. The van der Waals surface area contributed by atoms with Crippen LogP contribution in [0.2, 0.25) is 0 Å². The van der Waals surface area contributed by atoms with E-state index < -0.39 is 6.08 Å². The van der Waals surface area contributed by atoms with Crippen molar-refractivity contribution in [2.24, 2.45) is 0 Å². The molecule has 2 aromatic rings. The number of aryl methyl sites for hydroxylation is 1. The van der Waals surface area contributed by atoms with Crippen molar-refractivity contribution in [2.45, 2.75) is 19.4 Å². The van der Waals surface area contributed by atoms with Gasteiger partial charge in [0.05, 0.1) is 12.3 Å². The third-order valence-electron chi connectivity index (χ3n) is 3.06. The Morgan fingerprint density at radius 3 is 3.00 bits per heavy atom. The van der Waals surface area contributed by atoms with Gasteiger partial charge in [-0.1, -0.05) is 12.1 Å². The van der Waals surface area contributed by atoms with E-state index in [2.05, 4.69) is 15.3 Å². The summed E-state index contributed by atoms with van der Waals surface area (Å²) in [5.41, 5.74) is 1.32. The predicted molar refractivity (Wildman–Crippen MR) is 69.5 cm³/mol. The molecule has 1 aliphatic heterocycles. The molecule has 2 heterocycles. The summed E-state index contributed by atoms with van der Waals surface area (Å²) in [6.07, 6.45) is 0.701. The Morgan fingerprint density at radius 1 is 1.25 bits per heavy atom. The molecule has 4 nitrogen and oxygen atoms in total. The lowest BCUT2D eigenvalue weighted by atomic mass is 10.2. The molecule has 3 rings (SSSR count). The Balaban J connectivity index is 1.82. The number of aromatic nitrogens is 2. The Labute approximate surface area is 114 Å². The lowest BCUT2D eigenvalue weighted by molar-refractivity contribution is 0.281. The van der Waals surface area contributed by atoms with Crippen molar-refractivity contribution >= 4 is 5.82 Å². The second-order valence-electron chi connectivity index (χ2n) is 4.55. The van der Waals surface area contributed by atoms with Crippen LogP contribution < -0.4 is 10.1 Å². The number of ether oxygens (including phenoxy) is 1. The van der Waals surface area contributed by atoms with Gasteiger partial charge in [0, 0.05) is 6.54 Å². The maximum absolute atomic E-state index is 13.4. The van der Waals surface area contributed by atoms with Gasteiger partial charge in [-0.15, -0.1) is 0 Å².